The highest BCUT2D eigenvalue weighted by atomic mass is 16.5. The molecular weight excluding hydrogens is 276 g/mol. The Morgan fingerprint density at radius 2 is 2.14 bits per heavy atom. The quantitative estimate of drug-likeness (QED) is 0.803. The molecule has 22 heavy (non-hydrogen) atoms. The predicted octanol–water partition coefficient (Wildman–Crippen LogP) is 3.75. The molecule has 3 atom stereocenters. The summed E-state index contributed by atoms with van der Waals surface area (Å²) in [7, 11) is 1.59. The largest absolute Gasteiger partial charge is 0.504 e. The fourth-order valence-electron chi connectivity index (χ4n) is 4.92. The van der Waals surface area contributed by atoms with Gasteiger partial charge in [-0.05, 0) is 54.9 Å². The molecule has 0 spiro atoms. The molecule has 0 radical (unpaired) electrons. The molecule has 2 fully saturated rings. The van der Waals surface area contributed by atoms with E-state index in [-0.39, 0.29) is 11.2 Å². The van der Waals surface area contributed by atoms with Gasteiger partial charge in [-0.2, -0.15) is 0 Å². The lowest BCUT2D eigenvalue weighted by Gasteiger charge is -2.43. The topological polar surface area (TPSA) is 46.5 Å². The maximum absolute atomic E-state index is 12.3. The van der Waals surface area contributed by atoms with E-state index >= 15 is 0 Å². The Balaban J connectivity index is 1.78. The molecule has 2 saturated carbocycles. The molecular formula is C19H22O3. The second-order valence-electron chi connectivity index (χ2n) is 7.15. The van der Waals surface area contributed by atoms with Gasteiger partial charge in [0.1, 0.15) is 5.78 Å². The van der Waals surface area contributed by atoms with E-state index in [1.54, 1.807) is 7.11 Å². The van der Waals surface area contributed by atoms with E-state index in [9.17, 15) is 9.90 Å². The number of fused-ring (bicyclic) bond motifs is 5. The van der Waals surface area contributed by atoms with Crippen molar-refractivity contribution in [3.05, 3.63) is 34.9 Å². The molecule has 4 rings (SSSR count). The van der Waals surface area contributed by atoms with Crippen molar-refractivity contribution in [3.8, 4) is 11.5 Å². The molecule has 0 heterocycles. The van der Waals surface area contributed by atoms with E-state index in [2.05, 4.69) is 13.0 Å². The van der Waals surface area contributed by atoms with Gasteiger partial charge in [-0.25, -0.2) is 0 Å². The van der Waals surface area contributed by atoms with Crippen molar-refractivity contribution >= 4 is 5.78 Å². The summed E-state index contributed by atoms with van der Waals surface area (Å²) in [4.78, 5) is 12.3. The van der Waals surface area contributed by atoms with Crippen LogP contribution in [0.5, 0.6) is 11.5 Å². The molecule has 0 aromatic heterocycles. The second-order valence-corrected chi connectivity index (χ2v) is 7.15. The van der Waals surface area contributed by atoms with Gasteiger partial charge >= 0.3 is 0 Å². The molecule has 1 aromatic carbocycles. The van der Waals surface area contributed by atoms with Crippen LogP contribution >= 0.6 is 0 Å². The zero-order chi connectivity index (χ0) is 15.5. The summed E-state index contributed by atoms with van der Waals surface area (Å²) >= 11 is 0. The number of methoxy groups -OCH3 is 1. The summed E-state index contributed by atoms with van der Waals surface area (Å²) in [6, 6.07) is 3.84. The smallest absolute Gasteiger partial charge is 0.160 e. The van der Waals surface area contributed by atoms with E-state index in [0.717, 1.165) is 32.1 Å². The Morgan fingerprint density at radius 1 is 1.32 bits per heavy atom. The van der Waals surface area contributed by atoms with E-state index < -0.39 is 0 Å². The standard InChI is InChI=1S/C19H22O3/c1-19-8-7-12-13(15(19)5-6-18(19)21)4-3-11-9-16(20)17(22-2)10-14(11)12/h4,9-10,12,15,20H,3,5-8H2,1-2H3/t12?,15?,19-/m0/s1. The summed E-state index contributed by atoms with van der Waals surface area (Å²) < 4.78 is 5.29. The average molecular weight is 298 g/mol. The molecule has 3 nitrogen and oxygen atoms in total. The molecule has 0 amide bonds. The molecule has 0 saturated heterocycles. The molecule has 1 N–H and O–H groups in total. The van der Waals surface area contributed by atoms with Gasteiger partial charge in [0.15, 0.2) is 11.5 Å². The fraction of sp³-hybridized carbons (Fsp3) is 0.526. The normalized spacial score (nSPS) is 32.8. The molecule has 3 aliphatic carbocycles. The van der Waals surface area contributed by atoms with Crippen molar-refractivity contribution in [2.45, 2.75) is 44.9 Å². The SMILES string of the molecule is COc1cc2c(cc1O)CC=C1C2CC[C@]2(C)C(=O)CCC12. The van der Waals surface area contributed by atoms with Crippen molar-refractivity contribution in [2.24, 2.45) is 11.3 Å². The van der Waals surface area contributed by atoms with Crippen LogP contribution in [0.15, 0.2) is 23.8 Å². The van der Waals surface area contributed by atoms with E-state index in [0.29, 0.717) is 23.4 Å². The number of rotatable bonds is 1. The van der Waals surface area contributed by atoms with Gasteiger partial charge in [-0.1, -0.05) is 18.6 Å². The van der Waals surface area contributed by atoms with Crippen LogP contribution in [0.1, 0.15) is 49.7 Å². The number of carbonyl (C=O) groups is 1. The number of ketones is 1. The highest BCUT2D eigenvalue weighted by Crippen LogP contribution is 2.58. The monoisotopic (exact) mass is 298 g/mol. The van der Waals surface area contributed by atoms with Gasteiger partial charge in [0.2, 0.25) is 0 Å². The summed E-state index contributed by atoms with van der Waals surface area (Å²) in [5.41, 5.74) is 3.80. The summed E-state index contributed by atoms with van der Waals surface area (Å²) in [5.74, 6) is 2.02. The molecule has 1 aromatic rings. The van der Waals surface area contributed by atoms with E-state index in [4.69, 9.17) is 4.74 Å². The van der Waals surface area contributed by atoms with Gasteiger partial charge in [0.05, 0.1) is 7.11 Å². The Bertz CT molecular complexity index is 688. The Hall–Kier alpha value is -1.77. The van der Waals surface area contributed by atoms with E-state index in [1.165, 1.54) is 16.7 Å². The first-order chi connectivity index (χ1) is 10.5. The fourth-order valence-corrected chi connectivity index (χ4v) is 4.92. The minimum absolute atomic E-state index is 0.138. The number of carbonyl (C=O) groups excluding carboxylic acids is 1. The summed E-state index contributed by atoms with van der Waals surface area (Å²) in [6.07, 6.45) is 6.89. The van der Waals surface area contributed by atoms with Gasteiger partial charge in [-0.3, -0.25) is 4.79 Å². The van der Waals surface area contributed by atoms with Gasteiger partial charge in [0, 0.05) is 17.8 Å². The van der Waals surface area contributed by atoms with Crippen LogP contribution < -0.4 is 4.74 Å². The molecule has 3 aliphatic rings. The first kappa shape index (κ1) is 13.9. The van der Waals surface area contributed by atoms with Gasteiger partial charge < -0.3 is 9.84 Å². The number of hydrogen-bond acceptors (Lipinski definition) is 3. The Labute approximate surface area is 131 Å². The predicted molar refractivity (Wildman–Crippen MR) is 84.3 cm³/mol. The molecule has 2 unspecified atom stereocenters. The van der Waals surface area contributed by atoms with Crippen molar-refractivity contribution in [1.82, 2.24) is 0 Å². The Kier molecular flexibility index (Phi) is 2.91. The van der Waals surface area contributed by atoms with Crippen LogP contribution in [0.25, 0.3) is 0 Å². The number of phenols is 1. The lowest BCUT2D eigenvalue weighted by molar-refractivity contribution is -0.126. The van der Waals surface area contributed by atoms with Gasteiger partial charge in [0.25, 0.3) is 0 Å². The van der Waals surface area contributed by atoms with Crippen molar-refractivity contribution in [1.29, 1.82) is 0 Å². The number of ether oxygens (including phenoxy) is 1. The van der Waals surface area contributed by atoms with Crippen LogP contribution in [-0.4, -0.2) is 18.0 Å². The highest BCUT2D eigenvalue weighted by Gasteiger charge is 2.52. The number of aromatic hydroxyl groups is 1. The van der Waals surface area contributed by atoms with E-state index in [1.807, 2.05) is 12.1 Å². The highest BCUT2D eigenvalue weighted by molar-refractivity contribution is 5.88. The molecule has 3 heteroatoms. The first-order valence-corrected chi connectivity index (χ1v) is 8.17. The van der Waals surface area contributed by atoms with Crippen LogP contribution in [0, 0.1) is 11.3 Å². The summed E-state index contributed by atoms with van der Waals surface area (Å²) in [5, 5.41) is 10.00. The zero-order valence-corrected chi connectivity index (χ0v) is 13.2. The summed E-state index contributed by atoms with van der Waals surface area (Å²) in [6.45, 7) is 2.16. The third-order valence-corrected chi connectivity index (χ3v) is 6.20. The molecule has 0 aliphatic heterocycles. The van der Waals surface area contributed by atoms with Crippen molar-refractivity contribution in [3.63, 3.8) is 0 Å². The number of phenolic OH excluding ortho intramolecular Hbond substituents is 1. The number of benzene rings is 1. The maximum atomic E-state index is 12.3. The lowest BCUT2D eigenvalue weighted by Crippen LogP contribution is -2.37. The van der Waals surface area contributed by atoms with Crippen LogP contribution in [0.3, 0.4) is 0 Å². The number of Topliss-reactive ketones (excluding diaryl/α,β-unsaturated/α-hetero) is 1. The van der Waals surface area contributed by atoms with Crippen molar-refractivity contribution in [2.75, 3.05) is 7.11 Å². The van der Waals surface area contributed by atoms with Gasteiger partial charge in [-0.15, -0.1) is 0 Å². The van der Waals surface area contributed by atoms with Crippen LogP contribution in [0.4, 0.5) is 0 Å². The second kappa shape index (κ2) is 4.61. The minimum Gasteiger partial charge on any atom is -0.504 e. The number of allylic oxidation sites excluding steroid dienone is 2. The third kappa shape index (κ3) is 1.71. The minimum atomic E-state index is -0.138. The lowest BCUT2D eigenvalue weighted by atomic mass is 9.60. The zero-order valence-electron chi connectivity index (χ0n) is 13.2. The van der Waals surface area contributed by atoms with Crippen LogP contribution in [0.2, 0.25) is 0 Å². The average Bonchev–Trinajstić information content (AvgIpc) is 2.82. The molecule has 0 bridgehead atoms. The van der Waals surface area contributed by atoms with Crippen LogP contribution in [-0.2, 0) is 11.2 Å². The maximum Gasteiger partial charge on any atom is 0.160 e. The Morgan fingerprint density at radius 3 is 2.91 bits per heavy atom. The number of hydrogen-bond donors (Lipinski definition) is 1. The third-order valence-electron chi connectivity index (χ3n) is 6.20. The van der Waals surface area contributed by atoms with Crippen molar-refractivity contribution < 1.29 is 14.6 Å². The molecule has 116 valence electrons. The first-order valence-electron chi connectivity index (χ1n) is 8.17.